The van der Waals surface area contributed by atoms with Crippen molar-refractivity contribution >= 4 is 17.7 Å². The third-order valence-electron chi connectivity index (χ3n) is 4.50. The maximum atomic E-state index is 12.6. The van der Waals surface area contributed by atoms with Crippen molar-refractivity contribution in [1.29, 1.82) is 0 Å². The van der Waals surface area contributed by atoms with Crippen LogP contribution in [0.4, 0.5) is 0 Å². The van der Waals surface area contributed by atoms with E-state index >= 15 is 0 Å². The molecule has 0 saturated heterocycles. The highest BCUT2D eigenvalue weighted by molar-refractivity contribution is 7.99. The molecule has 130 valence electrons. The zero-order valence-corrected chi connectivity index (χ0v) is 14.8. The van der Waals surface area contributed by atoms with Crippen molar-refractivity contribution < 1.29 is 14.3 Å². The van der Waals surface area contributed by atoms with Gasteiger partial charge in [-0.2, -0.15) is 4.68 Å². The number of thioether (sulfide) groups is 1. The fourth-order valence-corrected chi connectivity index (χ4v) is 4.22. The van der Waals surface area contributed by atoms with Crippen LogP contribution in [0.1, 0.15) is 27.6 Å². The molecule has 0 spiro atoms. The lowest BCUT2D eigenvalue weighted by Crippen LogP contribution is -2.20. The van der Waals surface area contributed by atoms with Gasteiger partial charge in [0.05, 0.1) is 0 Å². The predicted octanol–water partition coefficient (Wildman–Crippen LogP) is 3.86. The Balaban J connectivity index is 1.47. The van der Waals surface area contributed by atoms with E-state index in [0.717, 1.165) is 22.6 Å². The summed E-state index contributed by atoms with van der Waals surface area (Å²) in [6.45, 7) is 2.27. The summed E-state index contributed by atoms with van der Waals surface area (Å²) < 4.78 is 12.2. The molecule has 3 heterocycles. The van der Waals surface area contributed by atoms with Gasteiger partial charge in [0, 0.05) is 17.2 Å². The largest absolute Gasteiger partial charge is 0.454 e. The Kier molecular flexibility index (Phi) is 3.49. The molecular weight excluding hydrogens is 350 g/mol. The van der Waals surface area contributed by atoms with Crippen LogP contribution in [0.25, 0.3) is 11.4 Å². The molecule has 5 rings (SSSR count). The Morgan fingerprint density at radius 2 is 1.92 bits per heavy atom. The van der Waals surface area contributed by atoms with Crippen LogP contribution in [0.3, 0.4) is 0 Å². The van der Waals surface area contributed by atoms with Gasteiger partial charge < -0.3 is 9.47 Å². The summed E-state index contributed by atoms with van der Waals surface area (Å²) in [7, 11) is 0. The van der Waals surface area contributed by atoms with Gasteiger partial charge in [-0.05, 0) is 24.6 Å². The van der Waals surface area contributed by atoms with Gasteiger partial charge in [-0.25, -0.2) is 4.98 Å². The van der Waals surface area contributed by atoms with Gasteiger partial charge in [-0.3, -0.25) is 4.79 Å². The summed E-state index contributed by atoms with van der Waals surface area (Å²) >= 11 is 1.55. The molecule has 1 aromatic heterocycles. The van der Waals surface area contributed by atoms with Crippen LogP contribution in [-0.2, 0) is 0 Å². The van der Waals surface area contributed by atoms with Gasteiger partial charge in [0.2, 0.25) is 6.79 Å². The lowest BCUT2D eigenvalue weighted by Gasteiger charge is -2.20. The van der Waals surface area contributed by atoms with Crippen molar-refractivity contribution in [2.75, 3.05) is 6.79 Å². The summed E-state index contributed by atoms with van der Waals surface area (Å²) in [6.07, 6.45) is 0.369. The third kappa shape index (κ3) is 2.55. The highest BCUT2D eigenvalue weighted by Gasteiger charge is 2.31. The summed E-state index contributed by atoms with van der Waals surface area (Å²) in [4.78, 5) is 17.2. The van der Waals surface area contributed by atoms with Crippen molar-refractivity contribution in [1.82, 2.24) is 14.8 Å². The number of aryl methyl sites for hydroxylation is 1. The molecule has 0 radical (unpaired) electrons. The molecule has 2 aliphatic heterocycles. The zero-order chi connectivity index (χ0) is 17.7. The van der Waals surface area contributed by atoms with E-state index in [4.69, 9.17) is 9.47 Å². The van der Waals surface area contributed by atoms with Gasteiger partial charge in [0.1, 0.15) is 0 Å². The minimum absolute atomic E-state index is 0.0143. The van der Waals surface area contributed by atoms with Crippen molar-refractivity contribution in [2.45, 2.75) is 23.8 Å². The molecule has 0 saturated carbocycles. The first-order chi connectivity index (χ1) is 12.7. The molecule has 26 heavy (non-hydrogen) atoms. The van der Waals surface area contributed by atoms with E-state index in [1.165, 1.54) is 10.2 Å². The number of aromatic nitrogens is 3. The van der Waals surface area contributed by atoms with E-state index in [9.17, 15) is 4.79 Å². The monoisotopic (exact) mass is 365 g/mol. The van der Waals surface area contributed by atoms with Gasteiger partial charge in [0.25, 0.3) is 5.91 Å². The van der Waals surface area contributed by atoms with E-state index in [-0.39, 0.29) is 18.0 Å². The third-order valence-corrected chi connectivity index (χ3v) is 5.70. The summed E-state index contributed by atoms with van der Waals surface area (Å²) in [5.41, 5.74) is 3.11. The molecule has 0 aliphatic carbocycles. The number of carbonyl (C=O) groups is 1. The topological polar surface area (TPSA) is 66.2 Å². The number of carbonyl (C=O) groups excluding carboxylic acids is 1. The second-order valence-electron chi connectivity index (χ2n) is 6.31. The highest BCUT2D eigenvalue weighted by Crippen LogP contribution is 2.44. The molecular formula is C19H15N3O3S. The lowest BCUT2D eigenvalue weighted by molar-refractivity contribution is 0.0868. The number of hydrogen-bond acceptors (Lipinski definition) is 6. The smallest absolute Gasteiger partial charge is 0.250 e. The SMILES string of the molecule is Cc1ccc(-c2nc3n(n2)C(=O)C[C@H](c2ccc4c(c2)OCO4)S3)cc1. The maximum Gasteiger partial charge on any atom is 0.250 e. The minimum Gasteiger partial charge on any atom is -0.454 e. The van der Waals surface area contributed by atoms with Crippen molar-refractivity contribution in [2.24, 2.45) is 0 Å². The summed E-state index contributed by atoms with van der Waals surface area (Å²) in [5, 5.41) is 5.02. The highest BCUT2D eigenvalue weighted by atomic mass is 32.2. The molecule has 2 aliphatic rings. The Morgan fingerprint density at radius 1 is 1.12 bits per heavy atom. The Labute approximate surface area is 154 Å². The number of ether oxygens (including phenoxy) is 2. The van der Waals surface area contributed by atoms with Crippen LogP contribution in [0.2, 0.25) is 0 Å². The molecule has 3 aromatic rings. The summed E-state index contributed by atoms with van der Waals surface area (Å²) in [5.74, 6) is 1.99. The molecule has 0 amide bonds. The Hall–Kier alpha value is -2.80. The number of fused-ring (bicyclic) bond motifs is 2. The standard InChI is InChI=1S/C19H15N3O3S/c1-11-2-4-12(5-3-11)18-20-19-22(21-18)17(23)9-16(26-19)13-6-7-14-15(8-13)25-10-24-14/h2-8,16H,9-10H2,1H3/t16-/m1/s1. The van der Waals surface area contributed by atoms with Crippen LogP contribution >= 0.6 is 11.8 Å². The second-order valence-corrected chi connectivity index (χ2v) is 7.48. The Bertz CT molecular complexity index is 1010. The van der Waals surface area contributed by atoms with Crippen LogP contribution < -0.4 is 9.47 Å². The molecule has 0 unspecified atom stereocenters. The minimum atomic E-state index is -0.0488. The van der Waals surface area contributed by atoms with Crippen molar-refractivity contribution in [3.63, 3.8) is 0 Å². The van der Waals surface area contributed by atoms with Crippen molar-refractivity contribution in [3.8, 4) is 22.9 Å². The number of hydrogen-bond donors (Lipinski definition) is 0. The van der Waals surface area contributed by atoms with Crippen molar-refractivity contribution in [3.05, 3.63) is 53.6 Å². The van der Waals surface area contributed by atoms with Gasteiger partial charge in [-0.1, -0.05) is 47.7 Å². The van der Waals surface area contributed by atoms with Gasteiger partial charge in [0.15, 0.2) is 22.5 Å². The van der Waals surface area contributed by atoms with Crippen LogP contribution in [0.5, 0.6) is 11.5 Å². The predicted molar refractivity (Wildman–Crippen MR) is 96.6 cm³/mol. The molecule has 6 nitrogen and oxygen atoms in total. The quantitative estimate of drug-likeness (QED) is 0.687. The first-order valence-electron chi connectivity index (χ1n) is 8.31. The fourth-order valence-electron chi connectivity index (χ4n) is 3.07. The van der Waals surface area contributed by atoms with E-state index < -0.39 is 0 Å². The molecule has 0 N–H and O–H groups in total. The first kappa shape index (κ1) is 15.5. The molecule has 0 bridgehead atoms. The van der Waals surface area contributed by atoms with E-state index in [1.807, 2.05) is 49.4 Å². The molecule has 0 fully saturated rings. The Morgan fingerprint density at radius 3 is 2.77 bits per heavy atom. The normalized spacial score (nSPS) is 18.0. The van der Waals surface area contributed by atoms with E-state index in [0.29, 0.717) is 17.4 Å². The van der Waals surface area contributed by atoms with E-state index in [1.54, 1.807) is 11.8 Å². The van der Waals surface area contributed by atoms with Crippen LogP contribution in [-0.4, -0.2) is 27.5 Å². The van der Waals surface area contributed by atoms with Gasteiger partial charge >= 0.3 is 0 Å². The maximum absolute atomic E-state index is 12.6. The first-order valence-corrected chi connectivity index (χ1v) is 9.19. The number of rotatable bonds is 2. The summed E-state index contributed by atoms with van der Waals surface area (Å²) in [6, 6.07) is 13.8. The van der Waals surface area contributed by atoms with Crippen LogP contribution in [0, 0.1) is 6.92 Å². The zero-order valence-electron chi connectivity index (χ0n) is 14.0. The molecule has 1 atom stereocenters. The van der Waals surface area contributed by atoms with Crippen LogP contribution in [0.15, 0.2) is 47.6 Å². The lowest BCUT2D eigenvalue weighted by atomic mass is 10.1. The fraction of sp³-hybridized carbons (Fsp3) is 0.211. The van der Waals surface area contributed by atoms with E-state index in [2.05, 4.69) is 10.1 Å². The average Bonchev–Trinajstić information content (AvgIpc) is 3.28. The van der Waals surface area contributed by atoms with Gasteiger partial charge in [-0.15, -0.1) is 5.10 Å². The second kappa shape index (κ2) is 5.88. The molecule has 7 heteroatoms. The molecule has 2 aromatic carbocycles. The average molecular weight is 365 g/mol. The number of benzene rings is 2. The number of nitrogens with zero attached hydrogens (tertiary/aromatic N) is 3.